The van der Waals surface area contributed by atoms with Gasteiger partial charge in [0.1, 0.15) is 26.8 Å². The summed E-state index contributed by atoms with van der Waals surface area (Å²) in [7, 11) is -11.4. The van der Waals surface area contributed by atoms with Gasteiger partial charge in [0.15, 0.2) is 12.3 Å². The zero-order valence-corrected chi connectivity index (χ0v) is 39.5. The second-order valence-corrected chi connectivity index (χ2v) is 20.9. The van der Waals surface area contributed by atoms with Crippen LogP contribution in [0.3, 0.4) is 0 Å². The van der Waals surface area contributed by atoms with Gasteiger partial charge < -0.3 is 37.6 Å². The molecule has 0 N–H and O–H groups in total. The van der Waals surface area contributed by atoms with Gasteiger partial charge in [0.05, 0.1) is 38.5 Å². The van der Waals surface area contributed by atoms with Crippen LogP contribution in [0.25, 0.3) is 0 Å². The zero-order valence-electron chi connectivity index (χ0n) is 37.0. The lowest BCUT2D eigenvalue weighted by molar-refractivity contribution is -0.442. The van der Waals surface area contributed by atoms with E-state index in [-0.39, 0.29) is 58.5 Å². The molecule has 0 aliphatic carbocycles. The normalized spacial score (nSPS) is 20.9. The van der Waals surface area contributed by atoms with Gasteiger partial charge in [-0.1, -0.05) is 6.42 Å². The van der Waals surface area contributed by atoms with Gasteiger partial charge in [-0.05, 0) is 100 Å². The van der Waals surface area contributed by atoms with Crippen LogP contribution in [0.5, 0.6) is 0 Å². The Labute approximate surface area is 380 Å². The molecule has 1 saturated heterocycles. The van der Waals surface area contributed by atoms with Gasteiger partial charge in [-0.25, -0.2) is 30.0 Å². The van der Waals surface area contributed by atoms with Crippen LogP contribution in [0.15, 0.2) is 69.6 Å². The second-order valence-electron chi connectivity index (χ2n) is 16.6. The molecule has 3 aliphatic rings. The molecular weight excluding hydrogens is 911 g/mol. The molecule has 2 aromatic rings. The fraction of sp³-hybridized carbons (Fsp3) is 0.535. The number of fused-ring (bicyclic) bond motifs is 2. The Hall–Kier alpha value is -4.39. The second kappa shape index (κ2) is 21.1. The van der Waals surface area contributed by atoms with Gasteiger partial charge in [-0.2, -0.15) is 4.58 Å². The van der Waals surface area contributed by atoms with Crippen molar-refractivity contribution in [2.24, 2.45) is 0 Å². The first kappa shape index (κ1) is 51.6. The highest BCUT2D eigenvalue weighted by Crippen LogP contribution is 2.51. The van der Waals surface area contributed by atoms with E-state index in [0.29, 0.717) is 83.4 Å². The van der Waals surface area contributed by atoms with E-state index in [2.05, 4.69) is 0 Å². The number of benzene rings is 2. The minimum atomic E-state index is -4.92. The van der Waals surface area contributed by atoms with E-state index in [1.165, 1.54) is 44.6 Å². The van der Waals surface area contributed by atoms with Crippen molar-refractivity contribution in [3.63, 3.8) is 0 Å². The molecule has 1 fully saturated rings. The third-order valence-electron chi connectivity index (χ3n) is 12.0. The lowest BCUT2D eigenvalue weighted by Gasteiger charge is -2.31. The molecule has 65 heavy (non-hydrogen) atoms. The van der Waals surface area contributed by atoms with Gasteiger partial charge >= 0.3 is 5.97 Å². The molecule has 2 atom stereocenters. The van der Waals surface area contributed by atoms with Crippen molar-refractivity contribution in [1.29, 1.82) is 0 Å². The Morgan fingerprint density at radius 3 is 2.03 bits per heavy atom. The lowest BCUT2D eigenvalue weighted by Crippen LogP contribution is -2.33. The molecule has 0 bridgehead atoms. The van der Waals surface area contributed by atoms with Crippen LogP contribution < -0.4 is 4.90 Å². The number of rotatable bonds is 24. The first-order chi connectivity index (χ1) is 30.4. The molecule has 2 amide bonds. The van der Waals surface area contributed by atoms with Crippen molar-refractivity contribution < 1.29 is 76.9 Å². The van der Waals surface area contributed by atoms with Crippen LogP contribution in [0, 0.1) is 0 Å². The maximum Gasteiger partial charge on any atom is 0.333 e. The van der Waals surface area contributed by atoms with Crippen LogP contribution in [0.2, 0.25) is 0 Å². The third kappa shape index (κ3) is 12.3. The monoisotopic (exact) mass is 965 g/mol. The van der Waals surface area contributed by atoms with Crippen molar-refractivity contribution in [2.75, 3.05) is 64.4 Å². The average molecular weight is 966 g/mol. The topological polar surface area (TPSA) is 269 Å². The van der Waals surface area contributed by atoms with Gasteiger partial charge in [-0.15, -0.1) is 5.06 Å². The number of allylic oxidation sites excluding steroid dienone is 4. The van der Waals surface area contributed by atoms with Gasteiger partial charge in [0.25, 0.3) is 11.8 Å². The molecule has 358 valence electrons. The largest absolute Gasteiger partial charge is 0.748 e. The number of nitrogens with zero attached hydrogens (tertiary/aromatic N) is 3. The maximum absolute atomic E-state index is 12.5. The van der Waals surface area contributed by atoms with E-state index in [9.17, 15) is 53.3 Å². The Balaban J connectivity index is 1.59. The van der Waals surface area contributed by atoms with Crippen LogP contribution >= 0.6 is 0 Å². The number of unbranched alkanes of at least 4 members (excludes halogenated alkanes) is 2. The van der Waals surface area contributed by atoms with E-state index >= 15 is 0 Å². The molecular formula is C43H55N3O16S3-2. The number of imide groups is 1. The first-order valence-corrected chi connectivity index (χ1v) is 25.4. The number of carbonyl (C=O) groups excluding carboxylic acids is 3. The number of carbonyl (C=O) groups is 3. The minimum Gasteiger partial charge on any atom is -0.748 e. The summed E-state index contributed by atoms with van der Waals surface area (Å²) in [6.45, 7) is 7.11. The van der Waals surface area contributed by atoms with Crippen molar-refractivity contribution in [3.8, 4) is 0 Å². The molecule has 2 unspecified atom stereocenters. The van der Waals surface area contributed by atoms with Crippen molar-refractivity contribution in [3.05, 3.63) is 70.9 Å². The summed E-state index contributed by atoms with van der Waals surface area (Å²) in [6.07, 6.45) is 5.31. The predicted molar refractivity (Wildman–Crippen MR) is 231 cm³/mol. The quantitative estimate of drug-likeness (QED) is 0.0629. The Morgan fingerprint density at radius 1 is 0.785 bits per heavy atom. The molecule has 22 heteroatoms. The fourth-order valence-corrected chi connectivity index (χ4v) is 10.1. The number of anilines is 1. The molecule has 0 spiro atoms. The number of hydrogen-bond acceptors (Lipinski definition) is 17. The summed E-state index contributed by atoms with van der Waals surface area (Å²) in [5.41, 5.74) is 2.00. The predicted octanol–water partition coefficient (Wildman–Crippen LogP) is 3.65. The number of ether oxygens (including phenoxy) is 3. The van der Waals surface area contributed by atoms with Crippen molar-refractivity contribution in [1.82, 2.24) is 5.06 Å². The van der Waals surface area contributed by atoms with Gasteiger partial charge in [0.2, 0.25) is 5.69 Å². The highest BCUT2D eigenvalue weighted by atomic mass is 32.2. The van der Waals surface area contributed by atoms with Crippen LogP contribution in [-0.2, 0) is 74.6 Å². The summed E-state index contributed by atoms with van der Waals surface area (Å²) in [6, 6.07) is 8.18. The highest BCUT2D eigenvalue weighted by molar-refractivity contribution is 7.86. The Bertz CT molecular complexity index is 2580. The average Bonchev–Trinajstić information content (AvgIpc) is 3.74. The summed E-state index contributed by atoms with van der Waals surface area (Å²) in [5, 5.41) is 0.500. The van der Waals surface area contributed by atoms with E-state index in [4.69, 9.17) is 19.0 Å². The van der Waals surface area contributed by atoms with Gasteiger partial charge in [0, 0.05) is 86.9 Å². The van der Waals surface area contributed by atoms with Crippen molar-refractivity contribution in [2.45, 2.75) is 99.2 Å². The maximum atomic E-state index is 12.5. The summed E-state index contributed by atoms with van der Waals surface area (Å²) >= 11 is 0. The number of amides is 2. The summed E-state index contributed by atoms with van der Waals surface area (Å²) in [5.74, 6) is -2.58. The molecule has 5 rings (SSSR count). The van der Waals surface area contributed by atoms with E-state index < -0.39 is 74.5 Å². The Morgan fingerprint density at radius 2 is 1.42 bits per heavy atom. The highest BCUT2D eigenvalue weighted by Gasteiger charge is 2.48. The molecule has 2 aromatic carbocycles. The van der Waals surface area contributed by atoms with Crippen LogP contribution in [0.4, 0.5) is 11.4 Å². The van der Waals surface area contributed by atoms with Crippen molar-refractivity contribution >= 4 is 65.2 Å². The molecule has 3 heterocycles. The third-order valence-corrected chi connectivity index (χ3v) is 14.4. The summed E-state index contributed by atoms with van der Waals surface area (Å²) < 4.78 is 128. The lowest BCUT2D eigenvalue weighted by atomic mass is 9.75. The number of hydroxylamine groups is 2. The first-order valence-electron chi connectivity index (χ1n) is 21.0. The van der Waals surface area contributed by atoms with Crippen LogP contribution in [0.1, 0.15) is 89.7 Å². The van der Waals surface area contributed by atoms with E-state index in [0.717, 1.165) is 0 Å². The van der Waals surface area contributed by atoms with E-state index in [1.54, 1.807) is 13.0 Å². The summed E-state index contributed by atoms with van der Waals surface area (Å²) in [4.78, 5) is 42.4. The Kier molecular flexibility index (Phi) is 16.7. The molecule has 3 aliphatic heterocycles. The number of methoxy groups -OCH3 is 2. The van der Waals surface area contributed by atoms with Gasteiger partial charge in [-0.3, -0.25) is 9.59 Å². The molecule has 0 saturated carbocycles. The minimum absolute atomic E-state index is 0.0287. The molecule has 0 aromatic heterocycles. The molecule has 19 nitrogen and oxygen atoms in total. The standard InChI is InChI=1S/C43H57N3O16S3/c1-30(26-37-42(2,17-9-25-63(50,51)52)33-28-31(64(53,54)55)12-14-36(33)45(37)20-22-61-24-23-60-5)27-38-43(3,18-21-59-4)34-29-32(65(56,57)58)11-13-35(34)44(38)19-8-6-7-10-41(49)62-46-39(47)15-16-40(46)48/h11-14,26-29H,6-10,15-25H2,1-5H3,(H2-,50,51,52,53,54,55,56,57,58)/p-2. The van der Waals surface area contributed by atoms with E-state index in [1.807, 2.05) is 35.5 Å². The molecule has 0 radical (unpaired) electrons. The smallest absolute Gasteiger partial charge is 0.333 e. The fourth-order valence-electron chi connectivity index (χ4n) is 8.61. The van der Waals surface area contributed by atoms with Crippen LogP contribution in [-0.4, -0.2) is 132 Å². The zero-order chi connectivity index (χ0) is 48.0. The number of hydrogen-bond donors (Lipinski definition) is 0. The SMILES string of the molecule is COCCOCC[N+]1=C(C=C(C)C=C2N(CCCCCC(=O)ON3C(=O)CCC3=O)c3ccc(S(=O)(=O)[O-])cc3C2(C)CCOC)C(C)(CCCS(=O)(=O)[O-])c2cc(S(=O)(=O)[O-])ccc21.